The lowest BCUT2D eigenvalue weighted by atomic mass is 10.1. The number of pyridine rings is 1. The monoisotopic (exact) mass is 520 g/mol. The molecule has 0 saturated carbocycles. The van der Waals surface area contributed by atoms with Crippen LogP contribution in [0.25, 0.3) is 11.7 Å². The maximum atomic E-state index is 13.7. The number of hydrogen-bond acceptors (Lipinski definition) is 7. The Balaban J connectivity index is 1.57. The van der Waals surface area contributed by atoms with E-state index in [-0.39, 0.29) is 23.7 Å². The number of fused-ring (bicyclic) bond motifs is 1. The third-order valence-corrected chi connectivity index (χ3v) is 7.69. The first-order valence-corrected chi connectivity index (χ1v) is 13.2. The van der Waals surface area contributed by atoms with Crippen LogP contribution in [0.3, 0.4) is 0 Å². The Kier molecular flexibility index (Phi) is 6.72. The lowest BCUT2D eigenvalue weighted by Crippen LogP contribution is -2.46. The van der Waals surface area contributed by atoms with Gasteiger partial charge in [-0.3, -0.25) is 18.9 Å². The highest BCUT2D eigenvalue weighted by Gasteiger charge is 2.33. The summed E-state index contributed by atoms with van der Waals surface area (Å²) in [5, 5.41) is 0. The molecule has 0 spiro atoms. The molecule has 5 rings (SSSR count). The summed E-state index contributed by atoms with van der Waals surface area (Å²) in [6, 6.07) is 11.8. The maximum absolute atomic E-state index is 13.7. The van der Waals surface area contributed by atoms with Gasteiger partial charge in [0.2, 0.25) is 0 Å². The quantitative estimate of drug-likeness (QED) is 0.375. The number of hydrogen-bond donors (Lipinski definition) is 0. The van der Waals surface area contributed by atoms with Crippen molar-refractivity contribution in [3.8, 4) is 0 Å². The van der Waals surface area contributed by atoms with Gasteiger partial charge in [0.1, 0.15) is 15.8 Å². The lowest BCUT2D eigenvalue weighted by molar-refractivity contribution is -0.122. The Bertz CT molecular complexity index is 1440. The number of aryl methyl sites for hydroxylation is 2. The predicted octanol–water partition coefficient (Wildman–Crippen LogP) is 4.33. The fraction of sp³-hybridized carbons (Fsp3) is 0.333. The topological polar surface area (TPSA) is 67.2 Å². The minimum atomic E-state index is -0.214. The van der Waals surface area contributed by atoms with E-state index in [1.165, 1.54) is 11.8 Å². The summed E-state index contributed by atoms with van der Waals surface area (Å²) in [5.74, 6) is 0.364. The number of carbonyl (C=O) groups excluding carboxylic acids is 1. The number of thioether (sulfide) groups is 1. The summed E-state index contributed by atoms with van der Waals surface area (Å²) in [6.07, 6.45) is 3.43. The van der Waals surface area contributed by atoms with Crippen molar-refractivity contribution >= 4 is 51.7 Å². The smallest absolute Gasteiger partial charge is 0.267 e. The van der Waals surface area contributed by atoms with Gasteiger partial charge in [0.05, 0.1) is 29.2 Å². The Morgan fingerprint density at radius 3 is 2.42 bits per heavy atom. The fourth-order valence-corrected chi connectivity index (χ4v) is 5.85. The molecular weight excluding hydrogens is 492 g/mol. The van der Waals surface area contributed by atoms with Gasteiger partial charge in [-0.05, 0) is 51.0 Å². The van der Waals surface area contributed by atoms with Crippen molar-refractivity contribution in [1.82, 2.24) is 14.3 Å². The Morgan fingerprint density at radius 2 is 1.72 bits per heavy atom. The van der Waals surface area contributed by atoms with Crippen LogP contribution in [0, 0.1) is 13.8 Å². The second kappa shape index (κ2) is 9.80. The number of thiocarbonyl (C=S) groups is 1. The normalized spacial score (nSPS) is 21.7. The van der Waals surface area contributed by atoms with Crippen LogP contribution in [-0.2, 0) is 16.1 Å². The first-order valence-electron chi connectivity index (χ1n) is 11.9. The van der Waals surface area contributed by atoms with Crippen molar-refractivity contribution in [2.45, 2.75) is 46.4 Å². The highest BCUT2D eigenvalue weighted by atomic mass is 32.2. The number of anilines is 1. The molecule has 0 aliphatic carbocycles. The number of carbonyl (C=O) groups is 1. The van der Waals surface area contributed by atoms with Crippen molar-refractivity contribution in [3.05, 3.63) is 80.1 Å². The molecule has 0 N–H and O–H groups in total. The highest BCUT2D eigenvalue weighted by molar-refractivity contribution is 8.26. The van der Waals surface area contributed by atoms with E-state index in [1.54, 1.807) is 21.6 Å². The molecule has 1 amide bonds. The Morgan fingerprint density at radius 1 is 1.06 bits per heavy atom. The zero-order valence-electron chi connectivity index (χ0n) is 20.7. The second-order valence-corrected chi connectivity index (χ2v) is 11.2. The van der Waals surface area contributed by atoms with Crippen molar-refractivity contribution < 1.29 is 9.53 Å². The maximum Gasteiger partial charge on any atom is 0.267 e. The number of ether oxygens (including phenoxy) is 1. The number of benzene rings is 1. The van der Waals surface area contributed by atoms with Gasteiger partial charge in [-0.1, -0.05) is 59.9 Å². The van der Waals surface area contributed by atoms with E-state index < -0.39 is 0 Å². The van der Waals surface area contributed by atoms with E-state index in [2.05, 4.69) is 4.90 Å². The average Bonchev–Trinajstić information content (AvgIpc) is 3.09. The summed E-state index contributed by atoms with van der Waals surface area (Å²) in [5.41, 5.74) is 3.84. The number of rotatable bonds is 4. The summed E-state index contributed by atoms with van der Waals surface area (Å²) in [4.78, 5) is 36.1. The summed E-state index contributed by atoms with van der Waals surface area (Å²) >= 11 is 6.78. The minimum absolute atomic E-state index is 0.00686. The van der Waals surface area contributed by atoms with E-state index in [9.17, 15) is 9.59 Å². The summed E-state index contributed by atoms with van der Waals surface area (Å²) in [6.45, 7) is 9.58. The third-order valence-electron chi connectivity index (χ3n) is 6.31. The molecular formula is C27H28N4O3S2. The van der Waals surface area contributed by atoms with Crippen LogP contribution in [0.2, 0.25) is 0 Å². The largest absolute Gasteiger partial charge is 0.372 e. The van der Waals surface area contributed by atoms with Crippen molar-refractivity contribution in [2.75, 3.05) is 18.0 Å². The predicted molar refractivity (Wildman–Crippen MR) is 148 cm³/mol. The van der Waals surface area contributed by atoms with Crippen LogP contribution in [0.15, 0.2) is 52.3 Å². The van der Waals surface area contributed by atoms with Crippen LogP contribution in [0.1, 0.15) is 36.1 Å². The number of aromatic nitrogens is 2. The molecule has 2 atom stereocenters. The molecule has 4 heterocycles. The van der Waals surface area contributed by atoms with Gasteiger partial charge in [-0.2, -0.15) is 0 Å². The van der Waals surface area contributed by atoms with Gasteiger partial charge in [-0.15, -0.1) is 0 Å². The van der Waals surface area contributed by atoms with Gasteiger partial charge in [-0.25, -0.2) is 4.98 Å². The molecule has 2 aliphatic heterocycles. The molecule has 186 valence electrons. The van der Waals surface area contributed by atoms with E-state index >= 15 is 0 Å². The van der Waals surface area contributed by atoms with Crippen LogP contribution in [0.5, 0.6) is 0 Å². The third kappa shape index (κ3) is 4.83. The van der Waals surface area contributed by atoms with Gasteiger partial charge in [0.15, 0.2) is 0 Å². The average molecular weight is 521 g/mol. The molecule has 2 fully saturated rings. The zero-order chi connectivity index (χ0) is 25.6. The van der Waals surface area contributed by atoms with Crippen molar-refractivity contribution in [2.24, 2.45) is 0 Å². The van der Waals surface area contributed by atoms with E-state index in [0.29, 0.717) is 45.9 Å². The van der Waals surface area contributed by atoms with Crippen molar-refractivity contribution in [1.29, 1.82) is 0 Å². The molecule has 0 radical (unpaired) electrons. The highest BCUT2D eigenvalue weighted by Crippen LogP contribution is 2.35. The van der Waals surface area contributed by atoms with E-state index in [0.717, 1.165) is 16.7 Å². The van der Waals surface area contributed by atoms with Crippen LogP contribution in [-0.4, -0.2) is 49.8 Å². The number of amides is 1. The lowest BCUT2D eigenvalue weighted by Gasteiger charge is -2.36. The zero-order valence-corrected chi connectivity index (χ0v) is 22.4. The molecule has 3 aromatic rings. The summed E-state index contributed by atoms with van der Waals surface area (Å²) in [7, 11) is 0. The molecule has 2 unspecified atom stereocenters. The first kappa shape index (κ1) is 24.7. The van der Waals surface area contributed by atoms with Gasteiger partial charge in [0.25, 0.3) is 11.5 Å². The van der Waals surface area contributed by atoms with Crippen LogP contribution in [0.4, 0.5) is 5.82 Å². The molecule has 2 aromatic heterocycles. The van der Waals surface area contributed by atoms with Gasteiger partial charge in [0, 0.05) is 19.3 Å². The minimum Gasteiger partial charge on any atom is -0.372 e. The standard InChI is InChI=1S/C27H28N4O3S2/c1-16-5-8-20(9-6-16)15-31-26(33)22(36-27(31)35)11-21-24(29-13-18(3)34-19(4)14-29)28-23-10-7-17(2)12-30(23)25(21)32/h5-12,18-19H,13-15H2,1-4H3/b22-11+. The molecule has 0 bridgehead atoms. The SMILES string of the molecule is Cc1ccc(CN2C(=O)/C(=C\c3c(N4CC(C)OC(C)C4)nc4ccc(C)cn4c3=O)SC2=S)cc1. The van der Waals surface area contributed by atoms with Crippen LogP contribution >= 0.6 is 24.0 Å². The van der Waals surface area contributed by atoms with Crippen LogP contribution < -0.4 is 10.5 Å². The number of morpholine rings is 1. The van der Waals surface area contributed by atoms with Gasteiger partial charge >= 0.3 is 0 Å². The molecule has 36 heavy (non-hydrogen) atoms. The molecule has 2 aliphatic rings. The Labute approximate surface area is 219 Å². The van der Waals surface area contributed by atoms with E-state index in [4.69, 9.17) is 21.9 Å². The molecule has 7 nitrogen and oxygen atoms in total. The van der Waals surface area contributed by atoms with Crippen molar-refractivity contribution in [3.63, 3.8) is 0 Å². The molecule has 9 heteroatoms. The molecule has 1 aromatic carbocycles. The van der Waals surface area contributed by atoms with Gasteiger partial charge < -0.3 is 9.64 Å². The second-order valence-electron chi connectivity index (χ2n) is 9.50. The molecule has 2 saturated heterocycles. The number of nitrogens with zero attached hydrogens (tertiary/aromatic N) is 4. The fourth-order valence-electron chi connectivity index (χ4n) is 4.61. The summed E-state index contributed by atoms with van der Waals surface area (Å²) < 4.78 is 7.93. The van der Waals surface area contributed by atoms with E-state index in [1.807, 2.05) is 64.1 Å². The first-order chi connectivity index (χ1) is 17.2. The Hall–Kier alpha value is -3.01.